The van der Waals surface area contributed by atoms with Crippen LogP contribution in [-0.2, 0) is 9.53 Å². The third-order valence-electron chi connectivity index (χ3n) is 5.53. The molecule has 1 spiro atoms. The number of likely N-dealkylation sites (tertiary alicyclic amines) is 2. The lowest BCUT2D eigenvalue weighted by Crippen LogP contribution is -2.76. The van der Waals surface area contributed by atoms with Crippen molar-refractivity contribution in [1.29, 1.82) is 0 Å². The first-order valence-corrected chi connectivity index (χ1v) is 9.82. The molecule has 1 aromatic carbocycles. The molecule has 0 aromatic heterocycles. The molecule has 0 radical (unpaired) electrons. The van der Waals surface area contributed by atoms with Crippen LogP contribution in [0.15, 0.2) is 18.2 Å². The zero-order valence-corrected chi connectivity index (χ0v) is 16.2. The Balaban J connectivity index is 1.21. The normalized spacial score (nSPS) is 22.0. The molecule has 0 atom stereocenters. The summed E-state index contributed by atoms with van der Waals surface area (Å²) in [6.45, 7) is 3.34. The molecule has 0 bridgehead atoms. The Labute approximate surface area is 167 Å². The van der Waals surface area contributed by atoms with Crippen LogP contribution in [0.1, 0.15) is 12.8 Å². The molecule has 3 aliphatic rings. The van der Waals surface area contributed by atoms with Gasteiger partial charge in [-0.2, -0.15) is 0 Å². The maximum absolute atomic E-state index is 13.1. The van der Waals surface area contributed by atoms with Gasteiger partial charge in [-0.1, -0.05) is 11.6 Å². The number of carbonyl (C=O) groups excluding carboxylic acids is 2. The van der Waals surface area contributed by atoms with Crippen LogP contribution in [0.4, 0.5) is 9.18 Å². The Kier molecular flexibility index (Phi) is 5.33. The minimum absolute atomic E-state index is 0.00592. The molecule has 3 amide bonds. The fourth-order valence-electron chi connectivity index (χ4n) is 3.99. The van der Waals surface area contributed by atoms with Crippen LogP contribution >= 0.6 is 11.6 Å². The van der Waals surface area contributed by atoms with Gasteiger partial charge in [-0.05, 0) is 37.0 Å². The van der Waals surface area contributed by atoms with Crippen molar-refractivity contribution in [3.63, 3.8) is 0 Å². The van der Waals surface area contributed by atoms with Gasteiger partial charge in [-0.25, -0.2) is 9.18 Å². The largest absolute Gasteiger partial charge is 0.492 e. The second-order valence-corrected chi connectivity index (χ2v) is 8.18. The molecule has 0 saturated carbocycles. The number of hydrogen-bond acceptors (Lipinski definition) is 4. The summed E-state index contributed by atoms with van der Waals surface area (Å²) < 4.78 is 24.1. The second-order valence-electron chi connectivity index (χ2n) is 7.78. The molecule has 7 nitrogen and oxygen atoms in total. The number of hydrogen-bond donors (Lipinski definition) is 1. The zero-order valence-electron chi connectivity index (χ0n) is 15.5. The van der Waals surface area contributed by atoms with E-state index in [1.54, 1.807) is 4.90 Å². The summed E-state index contributed by atoms with van der Waals surface area (Å²) in [5.41, 5.74) is -0.411. The van der Waals surface area contributed by atoms with Crippen molar-refractivity contribution in [3.05, 3.63) is 29.0 Å². The number of carbonyl (C=O) groups is 2. The van der Waals surface area contributed by atoms with Crippen LogP contribution in [0.2, 0.25) is 5.02 Å². The highest BCUT2D eigenvalue weighted by Gasteiger charge is 2.49. The van der Waals surface area contributed by atoms with E-state index in [9.17, 15) is 14.0 Å². The number of amides is 3. The van der Waals surface area contributed by atoms with Crippen molar-refractivity contribution in [2.45, 2.75) is 18.4 Å². The Bertz CT molecular complexity index is 764. The third-order valence-corrected chi connectivity index (χ3v) is 5.82. The van der Waals surface area contributed by atoms with Gasteiger partial charge < -0.3 is 24.6 Å². The summed E-state index contributed by atoms with van der Waals surface area (Å²) in [7, 11) is 0. The Hall–Kier alpha value is -2.06. The van der Waals surface area contributed by atoms with Crippen LogP contribution in [0.5, 0.6) is 5.75 Å². The fourth-order valence-corrected chi connectivity index (χ4v) is 4.21. The van der Waals surface area contributed by atoms with E-state index in [0.29, 0.717) is 51.1 Å². The van der Waals surface area contributed by atoms with E-state index in [1.165, 1.54) is 18.2 Å². The molecular formula is C19H23ClFN3O4. The summed E-state index contributed by atoms with van der Waals surface area (Å²) in [4.78, 5) is 27.8. The summed E-state index contributed by atoms with van der Waals surface area (Å²) >= 11 is 5.98. The average molecular weight is 412 g/mol. The maximum Gasteiger partial charge on any atom is 0.320 e. The number of nitrogens with zero attached hydrogens (tertiary/aromatic N) is 2. The number of urea groups is 1. The van der Waals surface area contributed by atoms with Gasteiger partial charge in [-0.3, -0.25) is 4.79 Å². The van der Waals surface area contributed by atoms with Crippen molar-refractivity contribution in [1.82, 2.24) is 15.1 Å². The molecule has 3 saturated heterocycles. The maximum atomic E-state index is 13.1. The van der Waals surface area contributed by atoms with E-state index < -0.39 is 11.4 Å². The van der Waals surface area contributed by atoms with Gasteiger partial charge in [0.05, 0.1) is 23.8 Å². The number of benzene rings is 1. The molecule has 28 heavy (non-hydrogen) atoms. The molecule has 0 aliphatic carbocycles. The van der Waals surface area contributed by atoms with Crippen molar-refractivity contribution >= 4 is 23.5 Å². The number of morpholine rings is 1. The van der Waals surface area contributed by atoms with Gasteiger partial charge in [-0.15, -0.1) is 0 Å². The van der Waals surface area contributed by atoms with Gasteiger partial charge in [0.15, 0.2) is 0 Å². The quantitative estimate of drug-likeness (QED) is 0.824. The molecular weight excluding hydrogens is 389 g/mol. The van der Waals surface area contributed by atoms with E-state index >= 15 is 0 Å². The molecule has 4 rings (SSSR count). The van der Waals surface area contributed by atoms with E-state index in [-0.39, 0.29) is 23.6 Å². The third kappa shape index (κ3) is 4.03. The standard InChI is InChI=1S/C19H23ClFN3O4/c20-15-7-14(21)1-2-16(15)28-8-13-3-5-23(6-4-13)18(26)24-10-19(11-24)12-27-9-17(25)22-19/h1-2,7,13H,3-6,8-12H2,(H,22,25). The van der Waals surface area contributed by atoms with Crippen molar-refractivity contribution in [3.8, 4) is 5.75 Å². The van der Waals surface area contributed by atoms with E-state index in [0.717, 1.165) is 12.8 Å². The van der Waals surface area contributed by atoms with E-state index in [2.05, 4.69) is 5.32 Å². The van der Waals surface area contributed by atoms with Crippen molar-refractivity contribution in [2.24, 2.45) is 5.92 Å². The molecule has 0 unspecified atom stereocenters. The summed E-state index contributed by atoms with van der Waals surface area (Å²) in [5, 5.41) is 3.20. The predicted octanol–water partition coefficient (Wildman–Crippen LogP) is 1.89. The predicted molar refractivity (Wildman–Crippen MR) is 99.9 cm³/mol. The van der Waals surface area contributed by atoms with Gasteiger partial charge in [0.25, 0.3) is 0 Å². The number of ether oxygens (including phenoxy) is 2. The first-order chi connectivity index (χ1) is 13.4. The molecule has 3 aliphatic heterocycles. The van der Waals surface area contributed by atoms with Crippen LogP contribution in [0.3, 0.4) is 0 Å². The highest BCUT2D eigenvalue weighted by atomic mass is 35.5. The van der Waals surface area contributed by atoms with Crippen molar-refractivity contribution < 1.29 is 23.5 Å². The minimum Gasteiger partial charge on any atom is -0.492 e. The molecule has 3 heterocycles. The second kappa shape index (κ2) is 7.75. The Morgan fingerprint density at radius 3 is 2.75 bits per heavy atom. The fraction of sp³-hybridized carbons (Fsp3) is 0.579. The minimum atomic E-state index is -0.411. The van der Waals surface area contributed by atoms with Crippen LogP contribution in [-0.4, -0.2) is 73.3 Å². The van der Waals surface area contributed by atoms with E-state index in [1.807, 2.05) is 4.90 Å². The van der Waals surface area contributed by atoms with Crippen LogP contribution in [0, 0.1) is 11.7 Å². The average Bonchev–Trinajstić information content (AvgIpc) is 2.65. The zero-order chi connectivity index (χ0) is 19.7. The molecule has 1 N–H and O–H groups in total. The lowest BCUT2D eigenvalue weighted by molar-refractivity contribution is -0.141. The lowest BCUT2D eigenvalue weighted by Gasteiger charge is -2.52. The Morgan fingerprint density at radius 1 is 1.32 bits per heavy atom. The number of halogens is 2. The SMILES string of the molecule is O=C1COCC2(CN(C(=O)N3CCC(COc4ccc(F)cc4Cl)CC3)C2)N1. The van der Waals surface area contributed by atoms with Crippen molar-refractivity contribution in [2.75, 3.05) is 46.0 Å². The Morgan fingerprint density at radius 2 is 2.07 bits per heavy atom. The van der Waals surface area contributed by atoms with E-state index in [4.69, 9.17) is 21.1 Å². The number of nitrogens with one attached hydrogen (secondary N) is 1. The molecule has 3 fully saturated rings. The van der Waals surface area contributed by atoms with Gasteiger partial charge in [0.1, 0.15) is 18.2 Å². The molecule has 9 heteroatoms. The number of rotatable bonds is 3. The summed E-state index contributed by atoms with van der Waals surface area (Å²) in [5.74, 6) is 0.278. The van der Waals surface area contributed by atoms with Gasteiger partial charge >= 0.3 is 6.03 Å². The van der Waals surface area contributed by atoms with Crippen LogP contribution < -0.4 is 10.1 Å². The first-order valence-electron chi connectivity index (χ1n) is 9.45. The highest BCUT2D eigenvalue weighted by molar-refractivity contribution is 6.32. The van der Waals surface area contributed by atoms with Gasteiger partial charge in [0.2, 0.25) is 5.91 Å². The number of piperidine rings is 1. The smallest absolute Gasteiger partial charge is 0.320 e. The topological polar surface area (TPSA) is 71.1 Å². The lowest BCUT2D eigenvalue weighted by atomic mass is 9.89. The summed E-state index contributed by atoms with van der Waals surface area (Å²) in [6.07, 6.45) is 1.67. The van der Waals surface area contributed by atoms with Crippen LogP contribution in [0.25, 0.3) is 0 Å². The first kappa shape index (κ1) is 19.3. The summed E-state index contributed by atoms with van der Waals surface area (Å²) in [6, 6.07) is 4.09. The molecule has 152 valence electrons. The van der Waals surface area contributed by atoms with Gasteiger partial charge in [0, 0.05) is 26.2 Å². The molecule has 1 aromatic rings. The highest BCUT2D eigenvalue weighted by Crippen LogP contribution is 2.29. The monoisotopic (exact) mass is 411 g/mol.